The van der Waals surface area contributed by atoms with Crippen LogP contribution in [0.3, 0.4) is 0 Å². The van der Waals surface area contributed by atoms with Crippen LogP contribution in [0.25, 0.3) is 0 Å². The molecule has 1 aromatic rings. The zero-order valence-corrected chi connectivity index (χ0v) is 10.8. The minimum absolute atomic E-state index is 0.742. The molecule has 0 saturated heterocycles. The topological polar surface area (TPSA) is 21.3 Å². The summed E-state index contributed by atoms with van der Waals surface area (Å²) in [7, 11) is 0. The highest BCUT2D eigenvalue weighted by atomic mass is 35.5. The van der Waals surface area contributed by atoms with Crippen molar-refractivity contribution in [2.24, 2.45) is 0 Å². The van der Waals surface area contributed by atoms with Gasteiger partial charge in [-0.05, 0) is 31.0 Å². The van der Waals surface area contributed by atoms with Gasteiger partial charge in [0.25, 0.3) is 0 Å². The van der Waals surface area contributed by atoms with Crippen LogP contribution in [-0.4, -0.2) is 19.8 Å². The Hall–Kier alpha value is -0.730. The molecule has 1 rings (SSSR count). The van der Waals surface area contributed by atoms with Gasteiger partial charge in [0, 0.05) is 23.9 Å². The van der Waals surface area contributed by atoms with E-state index in [1.807, 2.05) is 18.2 Å². The molecule has 0 aromatic heterocycles. The molecule has 2 nitrogen and oxygen atoms in total. The normalized spacial score (nSPS) is 10.4. The fourth-order valence-corrected chi connectivity index (χ4v) is 1.56. The predicted octanol–water partition coefficient (Wildman–Crippen LogP) is 3.88. The molecule has 1 N–H and O–H groups in total. The lowest BCUT2D eigenvalue weighted by Gasteiger charge is -2.10. The van der Waals surface area contributed by atoms with E-state index >= 15 is 0 Å². The molecule has 0 bridgehead atoms. The first-order valence-electron chi connectivity index (χ1n) is 5.82. The molecule has 0 aliphatic heterocycles. The number of hydrogen-bond acceptors (Lipinski definition) is 2. The summed E-state index contributed by atoms with van der Waals surface area (Å²) in [4.78, 5) is 0. The Morgan fingerprint density at radius 2 is 2.12 bits per heavy atom. The van der Waals surface area contributed by atoms with Gasteiger partial charge in [-0.3, -0.25) is 0 Å². The Morgan fingerprint density at radius 3 is 2.88 bits per heavy atom. The van der Waals surface area contributed by atoms with E-state index in [2.05, 4.69) is 19.2 Å². The Morgan fingerprint density at radius 1 is 1.31 bits per heavy atom. The van der Waals surface area contributed by atoms with E-state index in [1.54, 1.807) is 0 Å². The Kier molecular flexibility index (Phi) is 6.27. The van der Waals surface area contributed by atoms with Crippen molar-refractivity contribution in [3.05, 3.63) is 28.8 Å². The lowest BCUT2D eigenvalue weighted by atomic mass is 10.2. The number of ether oxygens (including phenoxy) is 1. The summed E-state index contributed by atoms with van der Waals surface area (Å²) in [5.41, 5.74) is 2.30. The number of halogens is 1. The molecule has 0 aliphatic carbocycles. The number of aryl methyl sites for hydroxylation is 1. The largest absolute Gasteiger partial charge is 0.382 e. The first kappa shape index (κ1) is 13.3. The molecule has 1 aromatic carbocycles. The van der Waals surface area contributed by atoms with Crippen molar-refractivity contribution in [3.8, 4) is 0 Å². The maximum absolute atomic E-state index is 5.93. The fraction of sp³-hybridized carbons (Fsp3) is 0.538. The smallest absolute Gasteiger partial charge is 0.0639 e. The quantitative estimate of drug-likeness (QED) is 0.732. The highest BCUT2D eigenvalue weighted by Crippen LogP contribution is 2.19. The van der Waals surface area contributed by atoms with E-state index in [-0.39, 0.29) is 0 Å². The predicted molar refractivity (Wildman–Crippen MR) is 70.4 cm³/mol. The van der Waals surface area contributed by atoms with Crippen LogP contribution in [0, 0.1) is 6.92 Å². The van der Waals surface area contributed by atoms with E-state index in [0.717, 1.165) is 36.9 Å². The van der Waals surface area contributed by atoms with Crippen LogP contribution in [0.1, 0.15) is 25.3 Å². The number of hydrogen-bond donors (Lipinski definition) is 1. The van der Waals surface area contributed by atoms with Crippen molar-refractivity contribution in [3.63, 3.8) is 0 Å². The number of nitrogens with one attached hydrogen (secondary N) is 1. The standard InChI is InChI=1S/C13H20ClNO/c1-3-4-8-16-9-7-15-13-10-12(14)6-5-11(13)2/h5-6,10,15H,3-4,7-9H2,1-2H3. The van der Waals surface area contributed by atoms with Crippen LogP contribution in [0.5, 0.6) is 0 Å². The maximum atomic E-state index is 5.93. The van der Waals surface area contributed by atoms with Crippen LogP contribution >= 0.6 is 11.6 Å². The summed E-state index contributed by atoms with van der Waals surface area (Å²) in [5.74, 6) is 0. The number of rotatable bonds is 7. The summed E-state index contributed by atoms with van der Waals surface area (Å²) in [6, 6.07) is 5.87. The van der Waals surface area contributed by atoms with Crippen molar-refractivity contribution < 1.29 is 4.74 Å². The molecule has 0 saturated carbocycles. The molecule has 0 spiro atoms. The zero-order chi connectivity index (χ0) is 11.8. The molecule has 0 unspecified atom stereocenters. The molecular formula is C13H20ClNO. The summed E-state index contributed by atoms with van der Waals surface area (Å²) in [6.07, 6.45) is 2.32. The van der Waals surface area contributed by atoms with Gasteiger partial charge in [0.2, 0.25) is 0 Å². The van der Waals surface area contributed by atoms with Crippen LogP contribution in [0.4, 0.5) is 5.69 Å². The third-order valence-corrected chi connectivity index (χ3v) is 2.64. The molecule has 90 valence electrons. The first-order valence-corrected chi connectivity index (χ1v) is 6.19. The SMILES string of the molecule is CCCCOCCNc1cc(Cl)ccc1C. The summed E-state index contributed by atoms with van der Waals surface area (Å²) >= 11 is 5.93. The molecule has 0 heterocycles. The summed E-state index contributed by atoms with van der Waals surface area (Å²) in [6.45, 7) is 6.65. The van der Waals surface area contributed by atoms with Gasteiger partial charge < -0.3 is 10.1 Å². The van der Waals surface area contributed by atoms with Crippen LogP contribution in [0.2, 0.25) is 5.02 Å². The van der Waals surface area contributed by atoms with E-state index in [9.17, 15) is 0 Å². The molecule has 3 heteroatoms. The summed E-state index contributed by atoms with van der Waals surface area (Å²) in [5, 5.41) is 4.09. The van der Waals surface area contributed by atoms with Gasteiger partial charge in [-0.2, -0.15) is 0 Å². The molecule has 16 heavy (non-hydrogen) atoms. The number of anilines is 1. The highest BCUT2D eigenvalue weighted by Gasteiger charge is 1.98. The lowest BCUT2D eigenvalue weighted by molar-refractivity contribution is 0.141. The van der Waals surface area contributed by atoms with Gasteiger partial charge >= 0.3 is 0 Å². The highest BCUT2D eigenvalue weighted by molar-refractivity contribution is 6.30. The van der Waals surface area contributed by atoms with E-state index in [4.69, 9.17) is 16.3 Å². The van der Waals surface area contributed by atoms with Crippen molar-refractivity contribution in [1.82, 2.24) is 0 Å². The van der Waals surface area contributed by atoms with Crippen LogP contribution < -0.4 is 5.32 Å². The Bertz CT molecular complexity index is 315. The van der Waals surface area contributed by atoms with Crippen molar-refractivity contribution in [2.45, 2.75) is 26.7 Å². The van der Waals surface area contributed by atoms with Gasteiger partial charge in [0.1, 0.15) is 0 Å². The van der Waals surface area contributed by atoms with Gasteiger partial charge in [-0.1, -0.05) is 31.0 Å². The molecule has 0 amide bonds. The van der Waals surface area contributed by atoms with Gasteiger partial charge in [-0.15, -0.1) is 0 Å². The Labute approximate surface area is 103 Å². The molecule has 0 atom stereocenters. The number of unbranched alkanes of at least 4 members (excludes halogenated alkanes) is 1. The van der Waals surface area contributed by atoms with Gasteiger partial charge in [0.05, 0.1) is 6.61 Å². The van der Waals surface area contributed by atoms with E-state index in [1.165, 1.54) is 12.0 Å². The first-order chi connectivity index (χ1) is 7.74. The Balaban J connectivity index is 2.23. The number of benzene rings is 1. The van der Waals surface area contributed by atoms with Crippen LogP contribution in [-0.2, 0) is 4.74 Å². The van der Waals surface area contributed by atoms with Crippen molar-refractivity contribution in [1.29, 1.82) is 0 Å². The molecule has 0 fully saturated rings. The second-order valence-electron chi connectivity index (χ2n) is 3.85. The molecular weight excluding hydrogens is 222 g/mol. The molecule has 0 aliphatic rings. The maximum Gasteiger partial charge on any atom is 0.0639 e. The third-order valence-electron chi connectivity index (χ3n) is 2.40. The average Bonchev–Trinajstić information content (AvgIpc) is 2.28. The minimum Gasteiger partial charge on any atom is -0.382 e. The van der Waals surface area contributed by atoms with Crippen molar-refractivity contribution in [2.75, 3.05) is 25.1 Å². The average molecular weight is 242 g/mol. The third kappa shape index (κ3) is 4.86. The second kappa shape index (κ2) is 7.53. The summed E-state index contributed by atoms with van der Waals surface area (Å²) < 4.78 is 5.47. The zero-order valence-electron chi connectivity index (χ0n) is 10.1. The van der Waals surface area contributed by atoms with Gasteiger partial charge in [-0.25, -0.2) is 0 Å². The fourth-order valence-electron chi connectivity index (χ4n) is 1.39. The lowest BCUT2D eigenvalue weighted by Crippen LogP contribution is -2.10. The van der Waals surface area contributed by atoms with E-state index < -0.39 is 0 Å². The van der Waals surface area contributed by atoms with Gasteiger partial charge in [0.15, 0.2) is 0 Å². The minimum atomic E-state index is 0.742. The van der Waals surface area contributed by atoms with E-state index in [0.29, 0.717) is 0 Å². The monoisotopic (exact) mass is 241 g/mol. The second-order valence-corrected chi connectivity index (χ2v) is 4.29. The van der Waals surface area contributed by atoms with Crippen molar-refractivity contribution >= 4 is 17.3 Å². The molecule has 0 radical (unpaired) electrons. The van der Waals surface area contributed by atoms with Crippen LogP contribution in [0.15, 0.2) is 18.2 Å².